The number of hydrogen-bond donors (Lipinski definition) is 1. The van der Waals surface area contributed by atoms with Gasteiger partial charge < -0.3 is 5.32 Å². The van der Waals surface area contributed by atoms with Crippen LogP contribution in [0.4, 0.5) is 5.69 Å². The molecule has 21 heavy (non-hydrogen) atoms. The number of rotatable bonds is 1. The molecule has 1 aliphatic carbocycles. The minimum absolute atomic E-state index is 0.286. The molecule has 0 radical (unpaired) electrons. The Balaban J connectivity index is 1.82. The molecule has 1 N–H and O–H groups in total. The molecule has 2 aromatic rings. The summed E-state index contributed by atoms with van der Waals surface area (Å²) in [5, 5.41) is 4.59. The largest absolute Gasteiger partial charge is 0.378 e. The van der Waals surface area contributed by atoms with E-state index in [2.05, 4.69) is 54.7 Å². The van der Waals surface area contributed by atoms with Gasteiger partial charge in [-0.05, 0) is 42.5 Å². The second-order valence-electron chi connectivity index (χ2n) is 6.09. The van der Waals surface area contributed by atoms with Crippen LogP contribution in [0.3, 0.4) is 0 Å². The predicted molar refractivity (Wildman–Crippen MR) is 89.0 cm³/mol. The lowest BCUT2D eigenvalue weighted by Crippen LogP contribution is -2.29. The molecule has 0 fully saturated rings. The molecule has 1 aliphatic heterocycles. The molecule has 0 spiro atoms. The number of benzene rings is 2. The molecular weight excluding hydrogens is 278 g/mol. The second kappa shape index (κ2) is 4.92. The SMILES string of the molecule is Cc1ccc2c(c1)[C@@H]1C=CC[C@H]1[C@@H](c1ccccc1Cl)N2. The maximum atomic E-state index is 6.44. The van der Waals surface area contributed by atoms with Crippen LogP contribution in [-0.4, -0.2) is 0 Å². The van der Waals surface area contributed by atoms with E-state index in [1.54, 1.807) is 0 Å². The average Bonchev–Trinajstić information content (AvgIpc) is 2.97. The summed E-state index contributed by atoms with van der Waals surface area (Å²) in [4.78, 5) is 0. The fourth-order valence-corrected chi connectivity index (χ4v) is 4.00. The van der Waals surface area contributed by atoms with Crippen molar-refractivity contribution in [3.05, 3.63) is 76.3 Å². The maximum absolute atomic E-state index is 6.44. The van der Waals surface area contributed by atoms with Crippen LogP contribution in [0, 0.1) is 12.8 Å². The highest BCUT2D eigenvalue weighted by Gasteiger charge is 2.38. The van der Waals surface area contributed by atoms with Gasteiger partial charge in [-0.25, -0.2) is 0 Å². The molecule has 0 amide bonds. The van der Waals surface area contributed by atoms with E-state index in [1.165, 1.54) is 22.4 Å². The number of halogens is 1. The van der Waals surface area contributed by atoms with Gasteiger partial charge in [0.2, 0.25) is 0 Å². The Hall–Kier alpha value is -1.73. The summed E-state index contributed by atoms with van der Waals surface area (Å²) in [6.45, 7) is 2.16. The Morgan fingerprint density at radius 1 is 1.10 bits per heavy atom. The first kappa shape index (κ1) is 13.0. The lowest BCUT2D eigenvalue weighted by molar-refractivity contribution is 0.425. The monoisotopic (exact) mass is 295 g/mol. The van der Waals surface area contributed by atoms with Gasteiger partial charge in [0.15, 0.2) is 0 Å². The minimum Gasteiger partial charge on any atom is -0.378 e. The van der Waals surface area contributed by atoms with Gasteiger partial charge in [-0.3, -0.25) is 0 Å². The van der Waals surface area contributed by atoms with Crippen molar-refractivity contribution >= 4 is 17.3 Å². The lowest BCUT2D eigenvalue weighted by Gasteiger charge is -2.38. The van der Waals surface area contributed by atoms with Crippen molar-refractivity contribution in [1.29, 1.82) is 0 Å². The topological polar surface area (TPSA) is 12.0 Å². The number of anilines is 1. The molecular formula is C19H18ClN. The van der Waals surface area contributed by atoms with Crippen LogP contribution in [0.2, 0.25) is 5.02 Å². The van der Waals surface area contributed by atoms with E-state index in [0.717, 1.165) is 11.4 Å². The fraction of sp³-hybridized carbons (Fsp3) is 0.263. The van der Waals surface area contributed by atoms with E-state index in [-0.39, 0.29) is 6.04 Å². The van der Waals surface area contributed by atoms with E-state index in [0.29, 0.717) is 11.8 Å². The summed E-state index contributed by atoms with van der Waals surface area (Å²) >= 11 is 6.44. The molecule has 3 atom stereocenters. The molecule has 0 saturated carbocycles. The molecule has 0 bridgehead atoms. The average molecular weight is 296 g/mol. The van der Waals surface area contributed by atoms with E-state index in [4.69, 9.17) is 11.6 Å². The van der Waals surface area contributed by atoms with Gasteiger partial charge in [-0.1, -0.05) is 59.6 Å². The van der Waals surface area contributed by atoms with Crippen molar-refractivity contribution < 1.29 is 0 Å². The smallest absolute Gasteiger partial charge is 0.0568 e. The quantitative estimate of drug-likeness (QED) is 0.687. The van der Waals surface area contributed by atoms with Crippen LogP contribution in [-0.2, 0) is 0 Å². The second-order valence-corrected chi connectivity index (χ2v) is 6.49. The van der Waals surface area contributed by atoms with E-state index >= 15 is 0 Å². The fourth-order valence-electron chi connectivity index (χ4n) is 3.75. The highest BCUT2D eigenvalue weighted by Crippen LogP contribution is 2.50. The summed E-state index contributed by atoms with van der Waals surface area (Å²) in [6.07, 6.45) is 5.80. The first-order valence-corrected chi connectivity index (χ1v) is 7.90. The molecule has 0 unspecified atom stereocenters. The van der Waals surface area contributed by atoms with Crippen LogP contribution in [0.15, 0.2) is 54.6 Å². The Bertz CT molecular complexity index is 719. The summed E-state index contributed by atoms with van der Waals surface area (Å²) in [6, 6.07) is 15.2. The highest BCUT2D eigenvalue weighted by molar-refractivity contribution is 6.31. The number of fused-ring (bicyclic) bond motifs is 3. The Morgan fingerprint density at radius 3 is 2.81 bits per heavy atom. The van der Waals surface area contributed by atoms with E-state index in [9.17, 15) is 0 Å². The molecule has 106 valence electrons. The zero-order valence-electron chi connectivity index (χ0n) is 12.0. The van der Waals surface area contributed by atoms with Gasteiger partial charge in [0.25, 0.3) is 0 Å². The third kappa shape index (κ3) is 2.08. The van der Waals surface area contributed by atoms with E-state index in [1.807, 2.05) is 12.1 Å². The first-order chi connectivity index (χ1) is 10.2. The van der Waals surface area contributed by atoms with Crippen molar-refractivity contribution in [1.82, 2.24) is 0 Å². The van der Waals surface area contributed by atoms with Crippen molar-refractivity contribution in [2.75, 3.05) is 5.32 Å². The summed E-state index contributed by atoms with van der Waals surface area (Å²) in [5.41, 5.74) is 5.21. The Kier molecular flexibility index (Phi) is 3.04. The molecule has 2 aliphatic rings. The molecule has 2 aromatic carbocycles. The summed E-state index contributed by atoms with van der Waals surface area (Å²) in [5.74, 6) is 1.06. The zero-order valence-corrected chi connectivity index (χ0v) is 12.8. The lowest BCUT2D eigenvalue weighted by atomic mass is 9.76. The van der Waals surface area contributed by atoms with Crippen LogP contribution in [0.25, 0.3) is 0 Å². The summed E-state index contributed by atoms with van der Waals surface area (Å²) in [7, 11) is 0. The number of nitrogens with one attached hydrogen (secondary N) is 1. The van der Waals surface area contributed by atoms with Crippen LogP contribution in [0.1, 0.15) is 35.1 Å². The minimum atomic E-state index is 0.286. The van der Waals surface area contributed by atoms with Crippen molar-refractivity contribution in [2.24, 2.45) is 5.92 Å². The molecule has 1 nitrogen and oxygen atoms in total. The van der Waals surface area contributed by atoms with Crippen molar-refractivity contribution in [3.63, 3.8) is 0 Å². The predicted octanol–water partition coefficient (Wildman–Crippen LogP) is 5.47. The Morgan fingerprint density at radius 2 is 1.95 bits per heavy atom. The van der Waals surface area contributed by atoms with Gasteiger partial charge in [-0.15, -0.1) is 0 Å². The first-order valence-electron chi connectivity index (χ1n) is 7.52. The maximum Gasteiger partial charge on any atom is 0.0568 e. The van der Waals surface area contributed by atoms with Gasteiger partial charge in [0.1, 0.15) is 0 Å². The van der Waals surface area contributed by atoms with Crippen molar-refractivity contribution in [3.8, 4) is 0 Å². The normalized spacial score (nSPS) is 26.1. The van der Waals surface area contributed by atoms with E-state index < -0.39 is 0 Å². The highest BCUT2D eigenvalue weighted by atomic mass is 35.5. The standard InChI is InChI=1S/C19H18ClN/c1-12-9-10-18-16(11-12)13-6-4-7-14(13)19(21-18)15-5-2-3-8-17(15)20/h2-6,8-11,13-14,19,21H,7H2,1H3/t13-,14-,19+/m1/s1. The van der Waals surface area contributed by atoms with Crippen LogP contribution in [0.5, 0.6) is 0 Å². The van der Waals surface area contributed by atoms with Crippen LogP contribution >= 0.6 is 11.6 Å². The molecule has 2 heteroatoms. The zero-order chi connectivity index (χ0) is 14.4. The number of allylic oxidation sites excluding steroid dienone is 2. The van der Waals surface area contributed by atoms with Gasteiger partial charge in [0, 0.05) is 16.6 Å². The number of hydrogen-bond acceptors (Lipinski definition) is 1. The Labute approximate surface area is 130 Å². The van der Waals surface area contributed by atoms with Gasteiger partial charge in [0.05, 0.1) is 6.04 Å². The molecule has 0 aromatic heterocycles. The summed E-state index contributed by atoms with van der Waals surface area (Å²) < 4.78 is 0. The van der Waals surface area contributed by atoms with Crippen LogP contribution < -0.4 is 5.32 Å². The molecule has 0 saturated heterocycles. The third-order valence-corrected chi connectivity index (χ3v) is 5.10. The van der Waals surface area contributed by atoms with Crippen molar-refractivity contribution in [2.45, 2.75) is 25.3 Å². The van der Waals surface area contributed by atoms with Gasteiger partial charge in [-0.2, -0.15) is 0 Å². The third-order valence-electron chi connectivity index (χ3n) is 4.76. The number of aryl methyl sites for hydroxylation is 1. The molecule has 4 rings (SSSR count). The molecule has 1 heterocycles. The van der Waals surface area contributed by atoms with Gasteiger partial charge >= 0.3 is 0 Å².